The Morgan fingerprint density at radius 2 is 1.23 bits per heavy atom. The molecule has 0 saturated carbocycles. The average molecular weight is 476 g/mol. The van der Waals surface area contributed by atoms with Crippen molar-refractivity contribution in [2.75, 3.05) is 0 Å². The quantitative estimate of drug-likeness (QED) is 0.213. The molecule has 0 aliphatic rings. The van der Waals surface area contributed by atoms with Crippen LogP contribution < -0.4 is 5.20 Å². The highest BCUT2D eigenvalue weighted by Crippen LogP contribution is 2.50. The predicted octanol–water partition coefficient (Wildman–Crippen LogP) is 8.02. The van der Waals surface area contributed by atoms with Crippen molar-refractivity contribution < 1.29 is 4.57 Å². The summed E-state index contributed by atoms with van der Waals surface area (Å²) in [5.41, 5.74) is 2.29. The van der Waals surface area contributed by atoms with E-state index in [9.17, 15) is 4.57 Å². The van der Waals surface area contributed by atoms with Crippen molar-refractivity contribution in [3.05, 3.63) is 118 Å². The fraction of sp³-hybridized carbons (Fsp3) is 0. The van der Waals surface area contributed by atoms with Crippen molar-refractivity contribution >= 4 is 58.4 Å². The highest BCUT2D eigenvalue weighted by molar-refractivity contribution is 7.68. The maximum Gasteiger partial charge on any atom is 0.231 e. The lowest BCUT2D eigenvalue weighted by Gasteiger charge is -2.12. The number of nitrogens with zero attached hydrogens (tertiary/aromatic N) is 1. The topological polar surface area (TPSA) is 41.5 Å². The molecule has 3 nitrogen and oxygen atoms in total. The van der Waals surface area contributed by atoms with E-state index in [1.165, 1.54) is 11.6 Å². The van der Waals surface area contributed by atoms with Crippen LogP contribution in [0.15, 0.2) is 102 Å². The first-order chi connectivity index (χ1) is 14.5. The van der Waals surface area contributed by atoms with Crippen LogP contribution in [0.4, 0.5) is 0 Å². The minimum absolute atomic E-state index is 0.335. The number of nitrogens with one attached hydrogen (secondary N) is 1. The molecule has 0 atom stereocenters. The first kappa shape index (κ1) is 22.4. The van der Waals surface area contributed by atoms with Gasteiger partial charge in [0, 0.05) is 16.7 Å². The van der Waals surface area contributed by atoms with Gasteiger partial charge in [-0.05, 0) is 28.8 Å². The van der Waals surface area contributed by atoms with Crippen LogP contribution in [0, 0.1) is 0 Å². The van der Waals surface area contributed by atoms with Crippen LogP contribution in [0.3, 0.4) is 0 Å². The minimum atomic E-state index is -3.37. The summed E-state index contributed by atoms with van der Waals surface area (Å²) in [5, 5.41) is 8.18. The summed E-state index contributed by atoms with van der Waals surface area (Å²) in [6.45, 7) is 0. The van der Waals surface area contributed by atoms with Gasteiger partial charge >= 0.3 is 0 Å². The molecule has 1 N–H and O–H groups in total. The molecule has 0 heterocycles. The first-order valence-electron chi connectivity index (χ1n) is 8.98. The van der Waals surface area contributed by atoms with E-state index in [1.807, 2.05) is 60.7 Å². The van der Waals surface area contributed by atoms with Gasteiger partial charge in [-0.25, -0.2) is 0 Å². The van der Waals surface area contributed by atoms with Gasteiger partial charge in [-0.3, -0.25) is 9.76 Å². The molecule has 0 amide bonds. The zero-order valence-electron chi connectivity index (χ0n) is 15.8. The molecule has 0 spiro atoms. The van der Waals surface area contributed by atoms with E-state index in [1.54, 1.807) is 30.5 Å². The molecule has 0 unspecified atom stereocenters. The summed E-state index contributed by atoms with van der Waals surface area (Å²) in [6.07, 6.45) is 1.55. The molecule has 0 radical (unpaired) electrons. The molecular weight excluding hydrogens is 458 g/mol. The van der Waals surface area contributed by atoms with Gasteiger partial charge in [-0.15, -0.1) is 0 Å². The third-order valence-corrected chi connectivity index (χ3v) is 6.93. The van der Waals surface area contributed by atoms with Crippen LogP contribution in [0.2, 0.25) is 5.02 Å². The van der Waals surface area contributed by atoms with E-state index in [4.69, 9.17) is 34.8 Å². The maximum atomic E-state index is 13.7. The lowest BCUT2D eigenvalue weighted by atomic mass is 10.2. The molecule has 0 aliphatic carbocycles. The van der Waals surface area contributed by atoms with E-state index in [-0.39, 0.29) is 0 Å². The van der Waals surface area contributed by atoms with Crippen LogP contribution >= 0.6 is 42.1 Å². The van der Waals surface area contributed by atoms with E-state index in [0.29, 0.717) is 15.1 Å². The lowest BCUT2D eigenvalue weighted by Crippen LogP contribution is -2.00. The Morgan fingerprint density at radius 3 is 1.70 bits per heavy atom. The van der Waals surface area contributed by atoms with Crippen LogP contribution in [0.1, 0.15) is 16.7 Å². The van der Waals surface area contributed by atoms with Crippen molar-refractivity contribution in [1.82, 2.24) is 5.20 Å². The van der Waals surface area contributed by atoms with Gasteiger partial charge in [0.15, 0.2) is 0 Å². The number of halogens is 3. The van der Waals surface area contributed by atoms with Crippen LogP contribution in [0.5, 0.6) is 0 Å². The Morgan fingerprint density at radius 1 is 0.767 bits per heavy atom. The molecule has 0 saturated heterocycles. The normalized spacial score (nSPS) is 12.9. The molecule has 7 heteroatoms. The fourth-order valence-corrected chi connectivity index (χ4v) is 5.17. The Labute approximate surface area is 191 Å². The van der Waals surface area contributed by atoms with Crippen molar-refractivity contribution in [2.45, 2.75) is 0 Å². The van der Waals surface area contributed by atoms with Crippen molar-refractivity contribution in [3.8, 4) is 0 Å². The zero-order chi connectivity index (χ0) is 21.4. The second-order valence-electron chi connectivity index (χ2n) is 6.31. The summed E-state index contributed by atoms with van der Waals surface area (Å²) in [7, 11) is -3.37. The molecule has 3 aromatic rings. The molecule has 152 valence electrons. The average Bonchev–Trinajstić information content (AvgIpc) is 2.76. The first-order valence-corrected chi connectivity index (χ1v) is 12.0. The van der Waals surface area contributed by atoms with E-state index < -0.39 is 7.29 Å². The van der Waals surface area contributed by atoms with Gasteiger partial charge in [-0.1, -0.05) is 108 Å². The highest BCUT2D eigenvalue weighted by Gasteiger charge is 2.18. The van der Waals surface area contributed by atoms with Gasteiger partial charge in [0.2, 0.25) is 7.29 Å². The molecule has 0 aliphatic heterocycles. The van der Waals surface area contributed by atoms with Crippen LogP contribution in [-0.2, 0) is 4.57 Å². The van der Waals surface area contributed by atoms with Crippen LogP contribution in [0.25, 0.3) is 10.1 Å². The number of rotatable bonds is 7. The summed E-state index contributed by atoms with van der Waals surface area (Å²) < 4.78 is 13.7. The van der Waals surface area contributed by atoms with E-state index in [0.717, 1.165) is 16.7 Å². The van der Waals surface area contributed by atoms with Gasteiger partial charge in [0.05, 0.1) is 16.3 Å². The molecule has 30 heavy (non-hydrogen) atoms. The maximum absolute atomic E-state index is 13.7. The fourth-order valence-electron chi connectivity index (χ4n) is 2.52. The predicted molar refractivity (Wildman–Crippen MR) is 130 cm³/mol. The molecule has 0 fully saturated rings. The van der Waals surface area contributed by atoms with E-state index >= 15 is 0 Å². The highest BCUT2D eigenvalue weighted by atomic mass is 35.5. The minimum Gasteiger partial charge on any atom is -0.290 e. The second-order valence-corrected chi connectivity index (χ2v) is 9.69. The second kappa shape index (κ2) is 10.7. The molecule has 0 aromatic heterocycles. The number of hydrogen-bond donors (Lipinski definition) is 1. The third kappa shape index (κ3) is 6.62. The number of hydrazone groups is 1. The summed E-state index contributed by atoms with van der Waals surface area (Å²) in [4.78, 5) is 0. The van der Waals surface area contributed by atoms with Gasteiger partial charge in [0.1, 0.15) is 0 Å². The standard InChI is InChI=1S/C23H18Cl3N2OP/c24-21-13-11-18(12-14-21)15-27-28-30(29,16-22(25)19-7-3-1-4-8-19)17-23(26)20-9-5-2-6-10-20/h1-17H,(H,28,29)/b22-16-,23-17-,27-15-. The Bertz CT molecular complexity index is 1050. The van der Waals surface area contributed by atoms with Gasteiger partial charge < -0.3 is 0 Å². The van der Waals surface area contributed by atoms with Crippen LogP contribution in [-0.4, -0.2) is 6.21 Å². The van der Waals surface area contributed by atoms with E-state index in [2.05, 4.69) is 10.3 Å². The summed E-state index contributed by atoms with van der Waals surface area (Å²) in [5.74, 6) is 2.91. The SMILES string of the molecule is O=P(/C=C(\Cl)c1ccccc1)(/C=C(\Cl)c1ccccc1)N/N=C\c1ccc(Cl)cc1. The van der Waals surface area contributed by atoms with Crippen molar-refractivity contribution in [2.24, 2.45) is 5.10 Å². The summed E-state index contributed by atoms with van der Waals surface area (Å²) in [6, 6.07) is 25.6. The molecule has 3 rings (SSSR count). The zero-order valence-corrected chi connectivity index (χ0v) is 18.9. The number of hydrogen-bond acceptors (Lipinski definition) is 2. The number of benzene rings is 3. The smallest absolute Gasteiger partial charge is 0.231 e. The van der Waals surface area contributed by atoms with Crippen molar-refractivity contribution in [1.29, 1.82) is 0 Å². The third-order valence-electron chi connectivity index (χ3n) is 4.01. The summed E-state index contributed by atoms with van der Waals surface area (Å²) >= 11 is 18.8. The van der Waals surface area contributed by atoms with Crippen molar-refractivity contribution in [3.63, 3.8) is 0 Å². The Balaban J connectivity index is 1.93. The molecule has 0 bridgehead atoms. The monoisotopic (exact) mass is 474 g/mol. The Hall–Kier alpha value is -2.29. The molecular formula is C23H18Cl3N2OP. The van der Waals surface area contributed by atoms with Gasteiger partial charge in [-0.2, -0.15) is 5.10 Å². The lowest BCUT2D eigenvalue weighted by molar-refractivity contribution is 0.579. The Kier molecular flexibility index (Phi) is 7.95. The molecule has 3 aromatic carbocycles. The largest absolute Gasteiger partial charge is 0.290 e. The van der Waals surface area contributed by atoms with Gasteiger partial charge in [0.25, 0.3) is 0 Å².